The minimum Gasteiger partial charge on any atom is -0.452 e. The van der Waals surface area contributed by atoms with Crippen molar-refractivity contribution in [2.45, 2.75) is 19.9 Å². The molecule has 126 valence electrons. The third-order valence-corrected chi connectivity index (χ3v) is 3.08. The second-order valence-corrected chi connectivity index (χ2v) is 5.18. The molecule has 0 aliphatic heterocycles. The van der Waals surface area contributed by atoms with Gasteiger partial charge in [0.05, 0.1) is 16.7 Å². The number of nitrogens with zero attached hydrogens (tertiary/aromatic N) is 3. The van der Waals surface area contributed by atoms with Crippen molar-refractivity contribution in [3.05, 3.63) is 52.2 Å². The first-order valence-corrected chi connectivity index (χ1v) is 7.13. The molecular weight excluding hydrogens is 316 g/mol. The Morgan fingerprint density at radius 2 is 1.96 bits per heavy atom. The van der Waals surface area contributed by atoms with Crippen LogP contribution in [0.1, 0.15) is 30.2 Å². The van der Waals surface area contributed by atoms with Gasteiger partial charge in [0.25, 0.3) is 11.6 Å². The second kappa shape index (κ2) is 7.36. The number of aromatic nitrogens is 2. The Hall–Kier alpha value is -3.23. The average molecular weight is 332 g/mol. The van der Waals surface area contributed by atoms with E-state index in [1.54, 1.807) is 16.9 Å². The molecule has 0 bridgehead atoms. The molecule has 1 heterocycles. The molecule has 1 amide bonds. The van der Waals surface area contributed by atoms with Gasteiger partial charge in [0, 0.05) is 24.2 Å². The molecule has 1 aromatic carbocycles. The topological polar surface area (TPSA) is 116 Å². The van der Waals surface area contributed by atoms with Gasteiger partial charge >= 0.3 is 5.97 Å². The largest absolute Gasteiger partial charge is 0.452 e. The van der Waals surface area contributed by atoms with Crippen LogP contribution in [0, 0.1) is 10.1 Å². The number of rotatable bonds is 6. The van der Waals surface area contributed by atoms with E-state index < -0.39 is 23.4 Å². The first kappa shape index (κ1) is 17.1. The van der Waals surface area contributed by atoms with E-state index in [1.165, 1.54) is 24.3 Å². The van der Waals surface area contributed by atoms with E-state index in [1.807, 2.05) is 13.8 Å². The Labute approximate surface area is 137 Å². The molecule has 0 fully saturated rings. The number of amides is 1. The SMILES string of the molecule is CC(C)n1nccc1NC(=O)COC(=O)c1ccc([N+](=O)[O-])cc1. The molecule has 24 heavy (non-hydrogen) atoms. The number of ether oxygens (including phenoxy) is 1. The molecule has 9 nitrogen and oxygen atoms in total. The molecule has 0 radical (unpaired) electrons. The summed E-state index contributed by atoms with van der Waals surface area (Å²) in [5.41, 5.74) is -0.00753. The highest BCUT2D eigenvalue weighted by Gasteiger charge is 2.14. The maximum absolute atomic E-state index is 11.8. The lowest BCUT2D eigenvalue weighted by molar-refractivity contribution is -0.384. The first-order valence-electron chi connectivity index (χ1n) is 7.13. The number of non-ortho nitro benzene ring substituents is 1. The van der Waals surface area contributed by atoms with Gasteiger partial charge in [-0.1, -0.05) is 0 Å². The molecule has 0 spiro atoms. The monoisotopic (exact) mass is 332 g/mol. The number of hydrogen-bond donors (Lipinski definition) is 1. The van der Waals surface area contributed by atoms with Crippen LogP contribution in [-0.4, -0.2) is 33.2 Å². The van der Waals surface area contributed by atoms with Crippen LogP contribution < -0.4 is 5.32 Å². The van der Waals surface area contributed by atoms with Crippen LogP contribution in [0.2, 0.25) is 0 Å². The fraction of sp³-hybridized carbons (Fsp3) is 0.267. The zero-order valence-electron chi connectivity index (χ0n) is 13.1. The number of benzene rings is 1. The summed E-state index contributed by atoms with van der Waals surface area (Å²) < 4.78 is 6.51. The highest BCUT2D eigenvalue weighted by atomic mass is 16.6. The predicted molar refractivity (Wildman–Crippen MR) is 84.6 cm³/mol. The molecular formula is C15H16N4O5. The van der Waals surface area contributed by atoms with E-state index in [-0.39, 0.29) is 17.3 Å². The van der Waals surface area contributed by atoms with Gasteiger partial charge in [-0.05, 0) is 26.0 Å². The summed E-state index contributed by atoms with van der Waals surface area (Å²) in [7, 11) is 0. The van der Waals surface area contributed by atoms with Crippen LogP contribution in [0.4, 0.5) is 11.5 Å². The van der Waals surface area contributed by atoms with E-state index in [0.29, 0.717) is 5.82 Å². The molecule has 0 aliphatic carbocycles. The Bertz CT molecular complexity index is 751. The normalized spacial score (nSPS) is 10.5. The number of carbonyl (C=O) groups is 2. The number of anilines is 1. The van der Waals surface area contributed by atoms with E-state index in [0.717, 1.165) is 0 Å². The number of hydrogen-bond acceptors (Lipinski definition) is 6. The summed E-state index contributed by atoms with van der Waals surface area (Å²) in [5, 5.41) is 17.2. The number of esters is 1. The average Bonchev–Trinajstić information content (AvgIpc) is 3.01. The zero-order valence-corrected chi connectivity index (χ0v) is 13.1. The van der Waals surface area contributed by atoms with Gasteiger partial charge in [-0.25, -0.2) is 9.48 Å². The predicted octanol–water partition coefficient (Wildman–Crippen LogP) is 2.17. The molecule has 2 aromatic rings. The molecule has 1 aromatic heterocycles. The highest BCUT2D eigenvalue weighted by molar-refractivity contribution is 5.95. The van der Waals surface area contributed by atoms with Crippen molar-refractivity contribution >= 4 is 23.4 Å². The van der Waals surface area contributed by atoms with Crippen LogP contribution in [0.3, 0.4) is 0 Å². The number of nitro benzene ring substituents is 1. The molecule has 0 unspecified atom stereocenters. The first-order chi connectivity index (χ1) is 11.4. The molecule has 0 aliphatic rings. The van der Waals surface area contributed by atoms with Gasteiger partial charge < -0.3 is 10.1 Å². The number of nitro groups is 1. The number of carbonyl (C=O) groups excluding carboxylic acids is 2. The lowest BCUT2D eigenvalue weighted by atomic mass is 10.2. The van der Waals surface area contributed by atoms with Gasteiger partial charge in [0.1, 0.15) is 5.82 Å². The van der Waals surface area contributed by atoms with Gasteiger partial charge in [-0.15, -0.1) is 0 Å². The Kier molecular flexibility index (Phi) is 5.25. The van der Waals surface area contributed by atoms with Crippen LogP contribution in [0.25, 0.3) is 0 Å². The summed E-state index contributed by atoms with van der Waals surface area (Å²) in [6.07, 6.45) is 1.55. The van der Waals surface area contributed by atoms with Crippen LogP contribution >= 0.6 is 0 Å². The summed E-state index contributed by atoms with van der Waals surface area (Å²) in [6.45, 7) is 3.35. The van der Waals surface area contributed by atoms with E-state index in [9.17, 15) is 19.7 Å². The fourth-order valence-corrected chi connectivity index (χ4v) is 1.94. The Morgan fingerprint density at radius 1 is 1.29 bits per heavy atom. The smallest absolute Gasteiger partial charge is 0.338 e. The minimum atomic E-state index is -0.739. The molecule has 0 saturated heterocycles. The minimum absolute atomic E-state index is 0.0676. The van der Waals surface area contributed by atoms with Crippen molar-refractivity contribution in [3.63, 3.8) is 0 Å². The van der Waals surface area contributed by atoms with Gasteiger partial charge in [-0.3, -0.25) is 14.9 Å². The van der Waals surface area contributed by atoms with Crippen molar-refractivity contribution in [2.24, 2.45) is 0 Å². The Morgan fingerprint density at radius 3 is 2.54 bits per heavy atom. The van der Waals surface area contributed by atoms with Crippen LogP contribution in [-0.2, 0) is 9.53 Å². The molecule has 9 heteroatoms. The third-order valence-electron chi connectivity index (χ3n) is 3.08. The molecule has 1 N–H and O–H groups in total. The number of nitrogens with one attached hydrogen (secondary N) is 1. The summed E-state index contributed by atoms with van der Waals surface area (Å²) in [4.78, 5) is 33.6. The summed E-state index contributed by atoms with van der Waals surface area (Å²) >= 11 is 0. The van der Waals surface area contributed by atoms with Crippen molar-refractivity contribution in [2.75, 3.05) is 11.9 Å². The maximum Gasteiger partial charge on any atom is 0.338 e. The summed E-state index contributed by atoms with van der Waals surface area (Å²) in [5.74, 6) is -0.744. The highest BCUT2D eigenvalue weighted by Crippen LogP contribution is 2.14. The zero-order chi connectivity index (χ0) is 17.7. The molecule has 2 rings (SSSR count). The van der Waals surface area contributed by atoms with E-state index in [2.05, 4.69) is 10.4 Å². The van der Waals surface area contributed by atoms with Gasteiger partial charge in [0.2, 0.25) is 0 Å². The lowest BCUT2D eigenvalue weighted by Gasteiger charge is -2.11. The van der Waals surface area contributed by atoms with Crippen molar-refractivity contribution in [3.8, 4) is 0 Å². The van der Waals surface area contributed by atoms with Crippen molar-refractivity contribution < 1.29 is 19.2 Å². The van der Waals surface area contributed by atoms with Gasteiger partial charge in [-0.2, -0.15) is 5.10 Å². The third kappa shape index (κ3) is 4.15. The van der Waals surface area contributed by atoms with E-state index >= 15 is 0 Å². The van der Waals surface area contributed by atoms with E-state index in [4.69, 9.17) is 4.74 Å². The lowest BCUT2D eigenvalue weighted by Crippen LogP contribution is -2.23. The van der Waals surface area contributed by atoms with Crippen LogP contribution in [0.5, 0.6) is 0 Å². The van der Waals surface area contributed by atoms with Crippen molar-refractivity contribution in [1.82, 2.24) is 9.78 Å². The quantitative estimate of drug-likeness (QED) is 0.492. The standard InChI is InChI=1S/C15H16N4O5/c1-10(2)18-13(7-8-16-18)17-14(20)9-24-15(21)11-3-5-12(6-4-11)19(22)23/h3-8,10H,9H2,1-2H3,(H,17,20). The van der Waals surface area contributed by atoms with Crippen molar-refractivity contribution in [1.29, 1.82) is 0 Å². The summed E-state index contributed by atoms with van der Waals surface area (Å²) in [6, 6.07) is 6.63. The maximum atomic E-state index is 11.8. The van der Waals surface area contributed by atoms with Gasteiger partial charge in [0.15, 0.2) is 6.61 Å². The van der Waals surface area contributed by atoms with Crippen LogP contribution in [0.15, 0.2) is 36.5 Å². The fourth-order valence-electron chi connectivity index (χ4n) is 1.94. The molecule has 0 saturated carbocycles. The molecule has 0 atom stereocenters. The second-order valence-electron chi connectivity index (χ2n) is 5.18. The Balaban J connectivity index is 1.90.